The molecule has 0 fully saturated rings. The number of hydrogen-bond acceptors (Lipinski definition) is 4. The molecule has 7 heteroatoms. The SMILES string of the molecule is COC(=O)Cc1nc(C(F)F)c(OC)cc1F. The summed E-state index contributed by atoms with van der Waals surface area (Å²) in [5.74, 6) is -2.01. The fraction of sp³-hybridized carbons (Fsp3) is 0.400. The fourth-order valence-electron chi connectivity index (χ4n) is 1.18. The highest BCUT2D eigenvalue weighted by Crippen LogP contribution is 2.28. The lowest BCUT2D eigenvalue weighted by Crippen LogP contribution is -2.10. The third-order valence-electron chi connectivity index (χ3n) is 2.01. The average Bonchev–Trinajstić information content (AvgIpc) is 2.30. The van der Waals surface area contributed by atoms with Gasteiger partial charge in [0.15, 0.2) is 0 Å². The van der Waals surface area contributed by atoms with Crippen LogP contribution < -0.4 is 4.74 Å². The van der Waals surface area contributed by atoms with Gasteiger partial charge in [-0.1, -0.05) is 0 Å². The second kappa shape index (κ2) is 5.51. The van der Waals surface area contributed by atoms with Crippen LogP contribution in [0, 0.1) is 5.82 Å². The van der Waals surface area contributed by atoms with E-state index in [9.17, 15) is 18.0 Å². The number of carbonyl (C=O) groups excluding carboxylic acids is 1. The zero-order valence-corrected chi connectivity index (χ0v) is 9.17. The Labute approximate surface area is 95.4 Å². The van der Waals surface area contributed by atoms with E-state index >= 15 is 0 Å². The van der Waals surface area contributed by atoms with Crippen molar-refractivity contribution in [3.8, 4) is 5.75 Å². The van der Waals surface area contributed by atoms with Gasteiger partial charge in [0, 0.05) is 6.07 Å². The summed E-state index contributed by atoms with van der Waals surface area (Å²) in [5.41, 5.74) is -1.10. The third-order valence-corrected chi connectivity index (χ3v) is 2.01. The molecule has 17 heavy (non-hydrogen) atoms. The molecule has 0 aliphatic heterocycles. The molecule has 94 valence electrons. The normalized spacial score (nSPS) is 10.5. The van der Waals surface area contributed by atoms with Gasteiger partial charge in [-0.3, -0.25) is 4.79 Å². The molecule has 0 aliphatic carbocycles. The van der Waals surface area contributed by atoms with E-state index in [-0.39, 0.29) is 5.75 Å². The predicted molar refractivity (Wildman–Crippen MR) is 51.4 cm³/mol. The van der Waals surface area contributed by atoms with E-state index in [2.05, 4.69) is 14.5 Å². The quantitative estimate of drug-likeness (QED) is 0.764. The fourth-order valence-corrected chi connectivity index (χ4v) is 1.18. The first-order valence-corrected chi connectivity index (χ1v) is 4.57. The highest BCUT2D eigenvalue weighted by Gasteiger charge is 2.21. The van der Waals surface area contributed by atoms with Gasteiger partial charge in [0.2, 0.25) is 0 Å². The Bertz CT molecular complexity index is 424. The van der Waals surface area contributed by atoms with E-state index in [0.29, 0.717) is 0 Å². The maximum atomic E-state index is 13.4. The van der Waals surface area contributed by atoms with Crippen LogP contribution in [0.4, 0.5) is 13.2 Å². The molecule has 0 atom stereocenters. The van der Waals surface area contributed by atoms with E-state index in [1.54, 1.807) is 0 Å². The molecule has 0 saturated carbocycles. The lowest BCUT2D eigenvalue weighted by Gasteiger charge is -2.09. The molecular weight excluding hydrogens is 239 g/mol. The van der Waals surface area contributed by atoms with Crippen LogP contribution in [-0.4, -0.2) is 25.2 Å². The Balaban J connectivity index is 3.15. The Morgan fingerprint density at radius 1 is 1.47 bits per heavy atom. The van der Waals surface area contributed by atoms with Crippen molar-refractivity contribution in [3.63, 3.8) is 0 Å². The van der Waals surface area contributed by atoms with Crippen LogP contribution in [0.15, 0.2) is 6.07 Å². The number of ether oxygens (including phenoxy) is 2. The van der Waals surface area contributed by atoms with Crippen LogP contribution in [0.1, 0.15) is 17.8 Å². The van der Waals surface area contributed by atoms with Crippen molar-refractivity contribution >= 4 is 5.97 Å². The van der Waals surface area contributed by atoms with Crippen LogP contribution in [0.25, 0.3) is 0 Å². The first-order valence-electron chi connectivity index (χ1n) is 4.57. The minimum Gasteiger partial charge on any atom is -0.495 e. The van der Waals surface area contributed by atoms with Gasteiger partial charge in [-0.05, 0) is 0 Å². The van der Waals surface area contributed by atoms with Gasteiger partial charge in [0.05, 0.1) is 26.3 Å². The third kappa shape index (κ3) is 3.08. The van der Waals surface area contributed by atoms with E-state index in [0.717, 1.165) is 20.3 Å². The van der Waals surface area contributed by atoms with Gasteiger partial charge >= 0.3 is 5.97 Å². The van der Waals surface area contributed by atoms with Crippen molar-refractivity contribution in [1.29, 1.82) is 0 Å². The molecule has 0 radical (unpaired) electrons. The number of hydrogen-bond donors (Lipinski definition) is 0. The van der Waals surface area contributed by atoms with Crippen molar-refractivity contribution in [2.45, 2.75) is 12.8 Å². The van der Waals surface area contributed by atoms with Crippen molar-refractivity contribution < 1.29 is 27.4 Å². The molecule has 0 spiro atoms. The highest BCUT2D eigenvalue weighted by molar-refractivity contribution is 5.71. The molecule has 0 aromatic carbocycles. The highest BCUT2D eigenvalue weighted by atomic mass is 19.3. The van der Waals surface area contributed by atoms with E-state index < -0.39 is 36.0 Å². The van der Waals surface area contributed by atoms with Crippen LogP contribution >= 0.6 is 0 Å². The second-order valence-electron chi connectivity index (χ2n) is 3.06. The minimum absolute atomic E-state index is 0.355. The lowest BCUT2D eigenvalue weighted by molar-refractivity contribution is -0.139. The van der Waals surface area contributed by atoms with Crippen LogP contribution in [-0.2, 0) is 16.0 Å². The number of rotatable bonds is 4. The Kier molecular flexibility index (Phi) is 4.30. The number of esters is 1. The zero-order valence-electron chi connectivity index (χ0n) is 9.17. The molecule has 0 saturated heterocycles. The molecule has 1 rings (SSSR count). The molecule has 4 nitrogen and oxygen atoms in total. The van der Waals surface area contributed by atoms with Gasteiger partial charge in [0.25, 0.3) is 6.43 Å². The van der Waals surface area contributed by atoms with Crippen molar-refractivity contribution in [1.82, 2.24) is 4.98 Å². The molecule has 1 aromatic heterocycles. The molecule has 0 bridgehead atoms. The maximum Gasteiger partial charge on any atom is 0.311 e. The van der Waals surface area contributed by atoms with E-state index in [1.807, 2.05) is 0 Å². The van der Waals surface area contributed by atoms with Gasteiger partial charge < -0.3 is 9.47 Å². The predicted octanol–water partition coefficient (Wildman–Crippen LogP) is 1.88. The largest absolute Gasteiger partial charge is 0.495 e. The molecule has 0 amide bonds. The topological polar surface area (TPSA) is 48.4 Å². The van der Waals surface area contributed by atoms with Crippen LogP contribution in [0.5, 0.6) is 5.75 Å². The standard InChI is InChI=1S/C10H10F3NO3/c1-16-7-3-5(11)6(4-8(15)17-2)14-9(7)10(12)13/h3,10H,4H2,1-2H3. The number of halogens is 3. The summed E-state index contributed by atoms with van der Waals surface area (Å²) >= 11 is 0. The second-order valence-corrected chi connectivity index (χ2v) is 3.06. The monoisotopic (exact) mass is 249 g/mol. The van der Waals surface area contributed by atoms with Gasteiger partial charge in [-0.15, -0.1) is 0 Å². The summed E-state index contributed by atoms with van der Waals surface area (Å²) in [7, 11) is 2.24. The van der Waals surface area contributed by atoms with Crippen LogP contribution in [0.3, 0.4) is 0 Å². The molecule has 1 aromatic rings. The molecule has 0 aliphatic rings. The Morgan fingerprint density at radius 2 is 2.12 bits per heavy atom. The summed E-state index contributed by atoms with van der Waals surface area (Å²) in [5, 5.41) is 0. The first-order chi connectivity index (χ1) is 7.99. The summed E-state index contributed by atoms with van der Waals surface area (Å²) in [6.07, 6.45) is -3.42. The van der Waals surface area contributed by atoms with Crippen LogP contribution in [0.2, 0.25) is 0 Å². The number of methoxy groups -OCH3 is 2. The number of pyridine rings is 1. The number of alkyl halides is 2. The van der Waals surface area contributed by atoms with E-state index in [1.165, 1.54) is 0 Å². The average molecular weight is 249 g/mol. The zero-order chi connectivity index (χ0) is 13.0. The molecule has 0 N–H and O–H groups in total. The van der Waals surface area contributed by atoms with Gasteiger partial charge in [0.1, 0.15) is 17.3 Å². The molecular formula is C10H10F3NO3. The van der Waals surface area contributed by atoms with Crippen molar-refractivity contribution in [2.75, 3.05) is 14.2 Å². The van der Waals surface area contributed by atoms with Crippen molar-refractivity contribution in [2.24, 2.45) is 0 Å². The number of nitrogens with zero attached hydrogens (tertiary/aromatic N) is 1. The maximum absolute atomic E-state index is 13.4. The first kappa shape index (κ1) is 13.3. The smallest absolute Gasteiger partial charge is 0.311 e. The van der Waals surface area contributed by atoms with E-state index in [4.69, 9.17) is 0 Å². The van der Waals surface area contributed by atoms with Crippen molar-refractivity contribution in [3.05, 3.63) is 23.3 Å². The number of carbonyl (C=O) groups is 1. The summed E-state index contributed by atoms with van der Waals surface area (Å²) in [4.78, 5) is 14.3. The summed E-state index contributed by atoms with van der Waals surface area (Å²) in [6, 6.07) is 0.771. The molecule has 1 heterocycles. The van der Waals surface area contributed by atoms with Gasteiger partial charge in [-0.2, -0.15) is 0 Å². The summed E-state index contributed by atoms with van der Waals surface area (Å²) in [6.45, 7) is 0. The molecule has 0 unspecified atom stereocenters. The number of aromatic nitrogens is 1. The summed E-state index contributed by atoms with van der Waals surface area (Å²) < 4.78 is 47.4. The Morgan fingerprint density at radius 3 is 2.59 bits per heavy atom. The Hall–Kier alpha value is -1.79. The lowest BCUT2D eigenvalue weighted by atomic mass is 10.2. The minimum atomic E-state index is -2.91. The van der Waals surface area contributed by atoms with Gasteiger partial charge in [-0.25, -0.2) is 18.2 Å².